The van der Waals surface area contributed by atoms with Crippen molar-refractivity contribution in [2.45, 2.75) is 32.5 Å². The molecular weight excluding hydrogens is 335 g/mol. The van der Waals surface area contributed by atoms with Crippen LogP contribution >= 0.6 is 0 Å². The van der Waals surface area contributed by atoms with Crippen LogP contribution in [0.4, 0.5) is 19.1 Å². The van der Waals surface area contributed by atoms with E-state index in [4.69, 9.17) is 0 Å². The summed E-state index contributed by atoms with van der Waals surface area (Å²) in [5.74, 6) is 0.744. The molecule has 1 aliphatic rings. The van der Waals surface area contributed by atoms with E-state index >= 15 is 0 Å². The Balaban J connectivity index is 1.64. The van der Waals surface area contributed by atoms with Gasteiger partial charge in [0.25, 0.3) is 5.56 Å². The van der Waals surface area contributed by atoms with Crippen molar-refractivity contribution in [3.05, 3.63) is 46.1 Å². The molecule has 0 amide bonds. The first-order chi connectivity index (χ1) is 11.8. The molecule has 0 unspecified atom stereocenters. The fourth-order valence-corrected chi connectivity index (χ4v) is 2.84. The van der Waals surface area contributed by atoms with E-state index in [0.29, 0.717) is 19.0 Å². The van der Waals surface area contributed by atoms with E-state index in [0.717, 1.165) is 35.2 Å². The van der Waals surface area contributed by atoms with Crippen molar-refractivity contribution < 1.29 is 13.2 Å². The van der Waals surface area contributed by atoms with Gasteiger partial charge in [-0.15, -0.1) is 0 Å². The number of rotatable bonds is 3. The van der Waals surface area contributed by atoms with E-state index in [9.17, 15) is 18.0 Å². The SMILES string of the molecule is Cc1cnc(N2CCC(Cn3nc(C(F)(F)F)ccc3=O)CC2)nc1. The summed E-state index contributed by atoms with van der Waals surface area (Å²) >= 11 is 0. The predicted octanol–water partition coefficient (Wildman–Crippen LogP) is 2.28. The second-order valence-corrected chi connectivity index (χ2v) is 6.23. The van der Waals surface area contributed by atoms with Crippen molar-refractivity contribution in [3.8, 4) is 0 Å². The molecule has 0 atom stereocenters. The second-order valence-electron chi connectivity index (χ2n) is 6.23. The van der Waals surface area contributed by atoms with E-state index in [1.165, 1.54) is 0 Å². The van der Waals surface area contributed by atoms with Crippen LogP contribution in [0.3, 0.4) is 0 Å². The minimum Gasteiger partial charge on any atom is -0.341 e. The number of piperidine rings is 1. The van der Waals surface area contributed by atoms with Gasteiger partial charge < -0.3 is 4.90 Å². The van der Waals surface area contributed by atoms with E-state index in [2.05, 4.69) is 15.1 Å². The lowest BCUT2D eigenvalue weighted by Gasteiger charge is -2.32. The first kappa shape index (κ1) is 17.4. The summed E-state index contributed by atoms with van der Waals surface area (Å²) in [7, 11) is 0. The van der Waals surface area contributed by atoms with E-state index in [1.807, 2.05) is 11.8 Å². The quantitative estimate of drug-likeness (QED) is 0.847. The highest BCUT2D eigenvalue weighted by Gasteiger charge is 2.33. The fraction of sp³-hybridized carbons (Fsp3) is 0.500. The Morgan fingerprint density at radius 3 is 2.40 bits per heavy atom. The maximum atomic E-state index is 12.7. The molecule has 9 heteroatoms. The number of aromatic nitrogens is 4. The molecule has 1 aliphatic heterocycles. The van der Waals surface area contributed by atoms with Gasteiger partial charge in [-0.2, -0.15) is 18.3 Å². The Morgan fingerprint density at radius 2 is 1.80 bits per heavy atom. The molecule has 134 valence electrons. The van der Waals surface area contributed by atoms with Crippen LogP contribution < -0.4 is 10.5 Å². The topological polar surface area (TPSA) is 63.9 Å². The van der Waals surface area contributed by atoms with E-state index in [-0.39, 0.29) is 12.5 Å². The van der Waals surface area contributed by atoms with Crippen molar-refractivity contribution in [1.82, 2.24) is 19.7 Å². The van der Waals surface area contributed by atoms with Crippen LogP contribution in [0.25, 0.3) is 0 Å². The average Bonchev–Trinajstić information content (AvgIpc) is 2.57. The van der Waals surface area contributed by atoms with E-state index in [1.54, 1.807) is 12.4 Å². The number of hydrogen-bond acceptors (Lipinski definition) is 5. The van der Waals surface area contributed by atoms with Gasteiger partial charge >= 0.3 is 6.18 Å². The maximum absolute atomic E-state index is 12.7. The Labute approximate surface area is 142 Å². The number of aryl methyl sites for hydroxylation is 1. The van der Waals surface area contributed by atoms with Gasteiger partial charge in [0.2, 0.25) is 5.95 Å². The number of anilines is 1. The van der Waals surface area contributed by atoms with Crippen molar-refractivity contribution in [2.24, 2.45) is 5.92 Å². The van der Waals surface area contributed by atoms with Crippen molar-refractivity contribution in [1.29, 1.82) is 0 Å². The molecule has 0 aliphatic carbocycles. The highest BCUT2D eigenvalue weighted by molar-refractivity contribution is 5.30. The van der Waals surface area contributed by atoms with Crippen LogP contribution in [-0.4, -0.2) is 32.8 Å². The molecule has 0 N–H and O–H groups in total. The molecule has 0 radical (unpaired) electrons. The monoisotopic (exact) mass is 353 g/mol. The van der Waals surface area contributed by atoms with Gasteiger partial charge in [0.05, 0.1) is 0 Å². The van der Waals surface area contributed by atoms with Gasteiger partial charge in [0.1, 0.15) is 0 Å². The van der Waals surface area contributed by atoms with Gasteiger partial charge in [-0.05, 0) is 37.3 Å². The van der Waals surface area contributed by atoms with Gasteiger partial charge in [0.15, 0.2) is 5.69 Å². The van der Waals surface area contributed by atoms with Gasteiger partial charge in [-0.25, -0.2) is 14.6 Å². The molecular formula is C16H18F3N5O. The summed E-state index contributed by atoms with van der Waals surface area (Å²) in [4.78, 5) is 22.4. The Morgan fingerprint density at radius 1 is 1.16 bits per heavy atom. The van der Waals surface area contributed by atoms with E-state index < -0.39 is 17.4 Å². The highest BCUT2D eigenvalue weighted by atomic mass is 19.4. The lowest BCUT2D eigenvalue weighted by molar-refractivity contribution is -0.142. The summed E-state index contributed by atoms with van der Waals surface area (Å²) in [5.41, 5.74) is -0.580. The first-order valence-electron chi connectivity index (χ1n) is 8.02. The number of alkyl halides is 3. The summed E-state index contributed by atoms with van der Waals surface area (Å²) in [5, 5.41) is 3.47. The summed E-state index contributed by atoms with van der Waals surface area (Å²) < 4.78 is 39.2. The Bertz CT molecular complexity index is 780. The molecule has 1 fully saturated rings. The summed E-state index contributed by atoms with van der Waals surface area (Å²) in [6, 6.07) is 1.64. The van der Waals surface area contributed by atoms with Crippen LogP contribution in [0.15, 0.2) is 29.3 Å². The van der Waals surface area contributed by atoms with Gasteiger partial charge in [-0.3, -0.25) is 4.79 Å². The Hall–Kier alpha value is -2.45. The zero-order valence-electron chi connectivity index (χ0n) is 13.7. The van der Waals surface area contributed by atoms with Crippen molar-refractivity contribution in [3.63, 3.8) is 0 Å². The molecule has 0 bridgehead atoms. The summed E-state index contributed by atoms with van der Waals surface area (Å²) in [6.45, 7) is 3.49. The zero-order chi connectivity index (χ0) is 18.0. The van der Waals surface area contributed by atoms with Gasteiger partial charge in [0, 0.05) is 38.1 Å². The molecule has 25 heavy (non-hydrogen) atoms. The second kappa shape index (κ2) is 6.81. The number of hydrogen-bond donors (Lipinski definition) is 0. The van der Waals surface area contributed by atoms with Crippen molar-refractivity contribution >= 4 is 5.95 Å². The van der Waals surface area contributed by atoms with Gasteiger partial charge in [-0.1, -0.05) is 0 Å². The predicted molar refractivity (Wildman–Crippen MR) is 85.2 cm³/mol. The molecule has 2 aromatic heterocycles. The standard InChI is InChI=1S/C16H18F3N5O/c1-11-8-20-15(21-9-11)23-6-4-12(5-7-23)10-24-14(25)3-2-13(22-24)16(17,18)19/h2-3,8-9,12H,4-7,10H2,1H3. The average molecular weight is 353 g/mol. The smallest absolute Gasteiger partial charge is 0.341 e. The highest BCUT2D eigenvalue weighted by Crippen LogP contribution is 2.27. The molecule has 0 aromatic carbocycles. The molecule has 3 rings (SSSR count). The van der Waals surface area contributed by atoms with Crippen LogP contribution in [0, 0.1) is 12.8 Å². The fourth-order valence-electron chi connectivity index (χ4n) is 2.84. The Kier molecular flexibility index (Phi) is 4.73. The lowest BCUT2D eigenvalue weighted by atomic mass is 9.97. The third-order valence-electron chi connectivity index (χ3n) is 4.25. The molecule has 6 nitrogen and oxygen atoms in total. The maximum Gasteiger partial charge on any atom is 0.435 e. The van der Waals surface area contributed by atoms with Crippen LogP contribution in [0.5, 0.6) is 0 Å². The molecule has 0 saturated carbocycles. The minimum absolute atomic E-state index is 0.0929. The zero-order valence-corrected chi connectivity index (χ0v) is 13.7. The van der Waals surface area contributed by atoms with Crippen LogP contribution in [0.1, 0.15) is 24.1 Å². The third kappa shape index (κ3) is 4.15. The molecule has 1 saturated heterocycles. The summed E-state index contributed by atoms with van der Waals surface area (Å²) in [6.07, 6.45) is 0.422. The largest absolute Gasteiger partial charge is 0.435 e. The molecule has 3 heterocycles. The number of nitrogens with zero attached hydrogens (tertiary/aromatic N) is 5. The molecule has 0 spiro atoms. The molecule has 2 aromatic rings. The van der Waals surface area contributed by atoms with Crippen LogP contribution in [-0.2, 0) is 12.7 Å². The third-order valence-corrected chi connectivity index (χ3v) is 4.25. The minimum atomic E-state index is -4.55. The van der Waals surface area contributed by atoms with Crippen molar-refractivity contribution in [2.75, 3.05) is 18.0 Å². The number of halogens is 3. The normalized spacial score (nSPS) is 16.2. The van der Waals surface area contributed by atoms with Crippen LogP contribution in [0.2, 0.25) is 0 Å². The first-order valence-corrected chi connectivity index (χ1v) is 8.02. The lowest BCUT2D eigenvalue weighted by Crippen LogP contribution is -2.38.